The standard InChI is InChI=1S/C22H26S2/c1-3-5-12-23-18-14-20-19(17-10-8-7-9-11-17)16-22(21(20)15-18)24-13-6-4-2/h7-11,14-16H,3-6,12-13H2,1-2H3. The summed E-state index contributed by atoms with van der Waals surface area (Å²) in [4.78, 5) is 2.89. The van der Waals surface area contributed by atoms with Crippen molar-refractivity contribution in [1.29, 1.82) is 0 Å². The van der Waals surface area contributed by atoms with Crippen LogP contribution in [-0.2, 0) is 0 Å². The summed E-state index contributed by atoms with van der Waals surface area (Å²) in [6.45, 7) is 4.53. The monoisotopic (exact) mass is 354 g/mol. The van der Waals surface area contributed by atoms with E-state index in [1.807, 2.05) is 23.5 Å². The summed E-state index contributed by atoms with van der Waals surface area (Å²) >= 11 is 4.03. The van der Waals surface area contributed by atoms with E-state index in [-0.39, 0.29) is 0 Å². The van der Waals surface area contributed by atoms with Crippen molar-refractivity contribution in [2.24, 2.45) is 0 Å². The van der Waals surface area contributed by atoms with Gasteiger partial charge < -0.3 is 0 Å². The van der Waals surface area contributed by atoms with Crippen molar-refractivity contribution in [3.8, 4) is 0 Å². The zero-order valence-electron chi connectivity index (χ0n) is 14.7. The van der Waals surface area contributed by atoms with Gasteiger partial charge in [0.1, 0.15) is 0 Å². The van der Waals surface area contributed by atoms with Gasteiger partial charge in [-0.15, -0.1) is 23.5 Å². The zero-order chi connectivity index (χ0) is 16.8. The van der Waals surface area contributed by atoms with E-state index in [9.17, 15) is 0 Å². The molecule has 0 heterocycles. The maximum Gasteiger partial charge on any atom is 0.0157 e. The molecular formula is C22H26S2. The molecule has 0 N–H and O–H groups in total. The van der Waals surface area contributed by atoms with E-state index in [2.05, 4.69) is 62.4 Å². The third-order valence-corrected chi connectivity index (χ3v) is 6.50. The Bertz CT molecular complexity index is 690. The Hall–Kier alpha value is -1.12. The summed E-state index contributed by atoms with van der Waals surface area (Å²) < 4.78 is 0. The van der Waals surface area contributed by atoms with E-state index in [1.54, 1.807) is 0 Å². The van der Waals surface area contributed by atoms with Gasteiger partial charge in [-0.1, -0.05) is 57.0 Å². The minimum absolute atomic E-state index is 1.22. The van der Waals surface area contributed by atoms with Gasteiger partial charge >= 0.3 is 0 Å². The molecule has 0 atom stereocenters. The zero-order valence-corrected chi connectivity index (χ0v) is 16.3. The van der Waals surface area contributed by atoms with Crippen molar-refractivity contribution in [2.45, 2.75) is 39.5 Å². The lowest BCUT2D eigenvalue weighted by molar-refractivity contribution is 0.897. The third kappa shape index (κ3) is 4.10. The molecule has 0 radical (unpaired) electrons. The molecule has 2 aliphatic carbocycles. The van der Waals surface area contributed by atoms with Crippen LogP contribution in [0.2, 0.25) is 0 Å². The van der Waals surface area contributed by atoms with E-state index in [0.29, 0.717) is 0 Å². The minimum atomic E-state index is 1.22. The number of hydrogen-bond acceptors (Lipinski definition) is 2. The Morgan fingerprint density at radius 3 is 2.17 bits per heavy atom. The van der Waals surface area contributed by atoms with Crippen molar-refractivity contribution in [3.63, 3.8) is 0 Å². The SMILES string of the molecule is CCCCSC1=CC2=C(c3ccccc3)C=C(SCCCC)C2=C1. The fourth-order valence-corrected chi connectivity index (χ4v) is 5.16. The topological polar surface area (TPSA) is 0 Å². The quantitative estimate of drug-likeness (QED) is 0.429. The highest BCUT2D eigenvalue weighted by Gasteiger charge is 2.25. The first-order chi connectivity index (χ1) is 11.8. The number of benzene rings is 1. The molecule has 2 aliphatic rings. The van der Waals surface area contributed by atoms with E-state index in [1.165, 1.54) is 69.3 Å². The van der Waals surface area contributed by atoms with Crippen LogP contribution in [-0.4, -0.2) is 11.5 Å². The first-order valence-corrected chi connectivity index (χ1v) is 11.0. The molecular weight excluding hydrogens is 328 g/mol. The molecule has 3 rings (SSSR count). The highest BCUT2D eigenvalue weighted by atomic mass is 32.2. The summed E-state index contributed by atoms with van der Waals surface area (Å²) in [5.41, 5.74) is 5.61. The summed E-state index contributed by atoms with van der Waals surface area (Å²) in [7, 11) is 0. The van der Waals surface area contributed by atoms with E-state index in [0.717, 1.165) is 0 Å². The van der Waals surface area contributed by atoms with Gasteiger partial charge in [-0.3, -0.25) is 0 Å². The van der Waals surface area contributed by atoms with Gasteiger partial charge in [0.25, 0.3) is 0 Å². The largest absolute Gasteiger partial charge is 0.126 e. The fourth-order valence-electron chi connectivity index (χ4n) is 2.92. The third-order valence-electron chi connectivity index (χ3n) is 4.30. The summed E-state index contributed by atoms with van der Waals surface area (Å²) in [6.07, 6.45) is 12.3. The molecule has 126 valence electrons. The predicted octanol–water partition coefficient (Wildman–Crippen LogP) is 7.23. The van der Waals surface area contributed by atoms with Crippen LogP contribution in [0.5, 0.6) is 0 Å². The lowest BCUT2D eigenvalue weighted by atomic mass is 10.0. The number of allylic oxidation sites excluding steroid dienone is 6. The average Bonchev–Trinajstić information content (AvgIpc) is 3.16. The van der Waals surface area contributed by atoms with Crippen LogP contribution in [0.3, 0.4) is 0 Å². The highest BCUT2D eigenvalue weighted by molar-refractivity contribution is 8.03. The Morgan fingerprint density at radius 1 is 0.750 bits per heavy atom. The van der Waals surface area contributed by atoms with Crippen LogP contribution in [0.1, 0.15) is 45.1 Å². The van der Waals surface area contributed by atoms with Gasteiger partial charge in [-0.05, 0) is 64.9 Å². The van der Waals surface area contributed by atoms with Crippen molar-refractivity contribution in [3.05, 3.63) is 75.1 Å². The normalized spacial score (nSPS) is 16.2. The van der Waals surface area contributed by atoms with Crippen LogP contribution in [0, 0.1) is 0 Å². The molecule has 0 amide bonds. The molecule has 1 aromatic carbocycles. The molecule has 0 aliphatic heterocycles. The molecule has 0 saturated carbocycles. The average molecular weight is 355 g/mol. The Morgan fingerprint density at radius 2 is 1.46 bits per heavy atom. The van der Waals surface area contributed by atoms with E-state index < -0.39 is 0 Å². The van der Waals surface area contributed by atoms with Crippen molar-refractivity contribution in [2.75, 3.05) is 11.5 Å². The number of thioether (sulfide) groups is 2. The maximum absolute atomic E-state index is 2.41. The molecule has 0 saturated heterocycles. The number of hydrogen-bond donors (Lipinski definition) is 0. The lowest BCUT2D eigenvalue weighted by Gasteiger charge is -2.04. The van der Waals surface area contributed by atoms with E-state index in [4.69, 9.17) is 0 Å². The summed E-state index contributed by atoms with van der Waals surface area (Å²) in [6, 6.07) is 10.8. The van der Waals surface area contributed by atoms with Gasteiger partial charge in [0, 0.05) is 9.81 Å². The molecule has 1 aromatic rings. The first-order valence-electron chi connectivity index (χ1n) is 9.04. The van der Waals surface area contributed by atoms with Gasteiger partial charge in [-0.25, -0.2) is 0 Å². The Labute approximate surface area is 155 Å². The molecule has 0 aromatic heterocycles. The number of rotatable bonds is 9. The smallest absolute Gasteiger partial charge is 0.0157 e. The Kier molecular flexibility index (Phi) is 6.51. The number of unbranched alkanes of at least 4 members (excludes halogenated alkanes) is 2. The lowest BCUT2D eigenvalue weighted by Crippen LogP contribution is -1.84. The fraction of sp³-hybridized carbons (Fsp3) is 0.364. The second kappa shape index (κ2) is 8.82. The minimum Gasteiger partial charge on any atom is -0.126 e. The van der Waals surface area contributed by atoms with Crippen LogP contribution in [0.25, 0.3) is 5.57 Å². The second-order valence-electron chi connectivity index (χ2n) is 6.21. The highest BCUT2D eigenvalue weighted by Crippen LogP contribution is 2.47. The van der Waals surface area contributed by atoms with Gasteiger partial charge in [0.2, 0.25) is 0 Å². The first kappa shape index (κ1) is 17.7. The molecule has 0 nitrogen and oxygen atoms in total. The van der Waals surface area contributed by atoms with Crippen LogP contribution in [0.15, 0.2) is 69.5 Å². The van der Waals surface area contributed by atoms with Crippen LogP contribution in [0.4, 0.5) is 0 Å². The van der Waals surface area contributed by atoms with Crippen molar-refractivity contribution >= 4 is 29.1 Å². The maximum atomic E-state index is 2.41. The molecule has 0 bridgehead atoms. The second-order valence-corrected chi connectivity index (χ2v) is 8.52. The Balaban J connectivity index is 1.85. The molecule has 0 fully saturated rings. The van der Waals surface area contributed by atoms with Crippen molar-refractivity contribution < 1.29 is 0 Å². The van der Waals surface area contributed by atoms with Crippen molar-refractivity contribution in [1.82, 2.24) is 0 Å². The molecule has 0 spiro atoms. The van der Waals surface area contributed by atoms with Crippen LogP contribution < -0.4 is 0 Å². The van der Waals surface area contributed by atoms with E-state index >= 15 is 0 Å². The summed E-state index contributed by atoms with van der Waals surface area (Å²) in [5, 5.41) is 0. The number of fused-ring (bicyclic) bond motifs is 1. The molecule has 2 heteroatoms. The molecule has 0 unspecified atom stereocenters. The van der Waals surface area contributed by atoms with Gasteiger partial charge in [0.05, 0.1) is 0 Å². The predicted molar refractivity (Wildman–Crippen MR) is 112 cm³/mol. The van der Waals surface area contributed by atoms with Crippen LogP contribution >= 0.6 is 23.5 Å². The summed E-state index contributed by atoms with van der Waals surface area (Å²) in [5.74, 6) is 2.44. The van der Waals surface area contributed by atoms with Gasteiger partial charge in [-0.2, -0.15) is 0 Å². The molecule has 24 heavy (non-hydrogen) atoms. The van der Waals surface area contributed by atoms with Gasteiger partial charge in [0.15, 0.2) is 0 Å².